The maximum Gasteiger partial charge on any atom is 0.118 e. The van der Waals surface area contributed by atoms with Crippen LogP contribution in [-0.4, -0.2) is 7.11 Å². The second-order valence-electron chi connectivity index (χ2n) is 3.35. The van der Waals surface area contributed by atoms with Gasteiger partial charge in [0.15, 0.2) is 0 Å². The maximum absolute atomic E-state index is 5.09. The van der Waals surface area contributed by atoms with Gasteiger partial charge in [-0.25, -0.2) is 0 Å². The van der Waals surface area contributed by atoms with Crippen molar-refractivity contribution in [3.63, 3.8) is 0 Å². The first kappa shape index (κ1) is 10.7. The van der Waals surface area contributed by atoms with E-state index in [-0.39, 0.29) is 0 Å². The molecule has 1 nitrogen and oxygen atoms in total. The van der Waals surface area contributed by atoms with Crippen LogP contribution in [0.1, 0.15) is 19.4 Å². The van der Waals surface area contributed by atoms with Crippen molar-refractivity contribution in [1.82, 2.24) is 0 Å². The van der Waals surface area contributed by atoms with Crippen molar-refractivity contribution >= 4 is 0 Å². The Balaban J connectivity index is 2.62. The Hall–Kier alpha value is -1.42. The largest absolute Gasteiger partial charge is 0.497 e. The molecule has 0 aliphatic carbocycles. The molecule has 1 aromatic carbocycles. The highest BCUT2D eigenvalue weighted by Crippen LogP contribution is 2.14. The summed E-state index contributed by atoms with van der Waals surface area (Å²) in [4.78, 5) is 0. The molecule has 14 heavy (non-hydrogen) atoms. The lowest BCUT2D eigenvalue weighted by Crippen LogP contribution is -1.96. The minimum atomic E-state index is 0.424. The summed E-state index contributed by atoms with van der Waals surface area (Å²) in [6.07, 6.45) is 1.00. The van der Waals surface area contributed by atoms with E-state index in [1.807, 2.05) is 19.1 Å². The molecule has 0 saturated carbocycles. The van der Waals surface area contributed by atoms with Gasteiger partial charge < -0.3 is 4.74 Å². The van der Waals surface area contributed by atoms with Gasteiger partial charge in [0.25, 0.3) is 0 Å². The first-order valence-corrected chi connectivity index (χ1v) is 4.81. The first-order valence-electron chi connectivity index (χ1n) is 4.81. The number of benzene rings is 1. The van der Waals surface area contributed by atoms with Crippen LogP contribution in [0.25, 0.3) is 0 Å². The van der Waals surface area contributed by atoms with Crippen LogP contribution >= 0.6 is 0 Å². The van der Waals surface area contributed by atoms with Crippen molar-refractivity contribution < 1.29 is 4.74 Å². The second kappa shape index (κ2) is 5.34. The normalized spacial score (nSPS) is 11.4. The Morgan fingerprint density at radius 2 is 1.93 bits per heavy atom. The fourth-order valence-electron chi connectivity index (χ4n) is 1.41. The average Bonchev–Trinajstić information content (AvgIpc) is 2.19. The van der Waals surface area contributed by atoms with Crippen LogP contribution in [0.2, 0.25) is 0 Å². The Morgan fingerprint density at radius 1 is 1.29 bits per heavy atom. The van der Waals surface area contributed by atoms with E-state index < -0.39 is 0 Å². The van der Waals surface area contributed by atoms with Crippen molar-refractivity contribution in [3.8, 4) is 17.6 Å². The van der Waals surface area contributed by atoms with E-state index in [9.17, 15) is 0 Å². The predicted octanol–water partition coefficient (Wildman–Crippen LogP) is 2.90. The topological polar surface area (TPSA) is 9.23 Å². The lowest BCUT2D eigenvalue weighted by atomic mass is 10.0. The predicted molar refractivity (Wildman–Crippen MR) is 59.3 cm³/mol. The molecule has 74 valence electrons. The maximum atomic E-state index is 5.09. The molecule has 1 rings (SSSR count). The highest BCUT2D eigenvalue weighted by atomic mass is 16.5. The summed E-state index contributed by atoms with van der Waals surface area (Å²) in [5.74, 6) is 7.41. The second-order valence-corrected chi connectivity index (χ2v) is 3.35. The van der Waals surface area contributed by atoms with E-state index in [2.05, 4.69) is 30.9 Å². The highest BCUT2D eigenvalue weighted by Gasteiger charge is 1.99. The molecule has 1 aromatic rings. The summed E-state index contributed by atoms with van der Waals surface area (Å²) in [7, 11) is 1.68. The molecule has 0 aliphatic heterocycles. The van der Waals surface area contributed by atoms with Crippen molar-refractivity contribution in [3.05, 3.63) is 29.8 Å². The molecule has 1 unspecified atom stereocenters. The van der Waals surface area contributed by atoms with Gasteiger partial charge in [0, 0.05) is 5.92 Å². The summed E-state index contributed by atoms with van der Waals surface area (Å²) >= 11 is 0. The van der Waals surface area contributed by atoms with Gasteiger partial charge in [-0.3, -0.25) is 0 Å². The van der Waals surface area contributed by atoms with Crippen LogP contribution in [0.5, 0.6) is 5.75 Å². The van der Waals surface area contributed by atoms with Crippen LogP contribution in [0.4, 0.5) is 0 Å². The molecule has 0 N–H and O–H groups in total. The molecule has 0 radical (unpaired) electrons. The van der Waals surface area contributed by atoms with Gasteiger partial charge in [0.2, 0.25) is 0 Å². The van der Waals surface area contributed by atoms with Crippen LogP contribution in [0, 0.1) is 17.8 Å². The van der Waals surface area contributed by atoms with E-state index in [1.54, 1.807) is 7.11 Å². The Kier molecular flexibility index (Phi) is 4.07. The lowest BCUT2D eigenvalue weighted by Gasteiger charge is -2.05. The van der Waals surface area contributed by atoms with Gasteiger partial charge in [-0.05, 0) is 31.0 Å². The highest BCUT2D eigenvalue weighted by molar-refractivity contribution is 5.28. The number of methoxy groups -OCH3 is 1. The smallest absolute Gasteiger partial charge is 0.118 e. The third kappa shape index (κ3) is 3.14. The molecule has 0 aromatic heterocycles. The quantitative estimate of drug-likeness (QED) is 0.663. The van der Waals surface area contributed by atoms with E-state index in [0.717, 1.165) is 12.2 Å². The van der Waals surface area contributed by atoms with Crippen LogP contribution in [-0.2, 0) is 6.42 Å². The summed E-state index contributed by atoms with van der Waals surface area (Å²) in [5, 5.41) is 0. The Morgan fingerprint density at radius 3 is 2.43 bits per heavy atom. The summed E-state index contributed by atoms with van der Waals surface area (Å²) in [6, 6.07) is 8.15. The molecule has 0 spiro atoms. The number of rotatable bonds is 3. The van der Waals surface area contributed by atoms with E-state index in [4.69, 9.17) is 4.74 Å². The van der Waals surface area contributed by atoms with Gasteiger partial charge in [0.05, 0.1) is 7.11 Å². The van der Waals surface area contributed by atoms with Crippen molar-refractivity contribution in [2.45, 2.75) is 20.3 Å². The molecule has 1 heteroatoms. The monoisotopic (exact) mass is 188 g/mol. The number of hydrogen-bond donors (Lipinski definition) is 0. The SMILES string of the molecule is CC#CC(C)Cc1ccc(OC)cc1. The summed E-state index contributed by atoms with van der Waals surface area (Å²) < 4.78 is 5.09. The van der Waals surface area contributed by atoms with Crippen molar-refractivity contribution in [1.29, 1.82) is 0 Å². The van der Waals surface area contributed by atoms with E-state index in [1.165, 1.54) is 5.56 Å². The average molecular weight is 188 g/mol. The minimum absolute atomic E-state index is 0.424. The van der Waals surface area contributed by atoms with Crippen LogP contribution in [0.15, 0.2) is 24.3 Å². The minimum Gasteiger partial charge on any atom is -0.497 e. The van der Waals surface area contributed by atoms with Crippen molar-refractivity contribution in [2.75, 3.05) is 7.11 Å². The van der Waals surface area contributed by atoms with Crippen molar-refractivity contribution in [2.24, 2.45) is 5.92 Å². The fraction of sp³-hybridized carbons (Fsp3) is 0.385. The molecule has 0 amide bonds. The molecular formula is C13H16O. The van der Waals surface area contributed by atoms with Gasteiger partial charge in [-0.1, -0.05) is 19.1 Å². The molecule has 0 fully saturated rings. The zero-order chi connectivity index (χ0) is 10.4. The third-order valence-corrected chi connectivity index (χ3v) is 2.09. The van der Waals surface area contributed by atoms with Crippen LogP contribution < -0.4 is 4.74 Å². The summed E-state index contributed by atoms with van der Waals surface area (Å²) in [5.41, 5.74) is 1.31. The van der Waals surface area contributed by atoms with E-state index in [0.29, 0.717) is 5.92 Å². The van der Waals surface area contributed by atoms with Gasteiger partial charge in [-0.2, -0.15) is 0 Å². The Labute approximate surface area is 86.1 Å². The molecular weight excluding hydrogens is 172 g/mol. The van der Waals surface area contributed by atoms with Gasteiger partial charge in [0.1, 0.15) is 5.75 Å². The first-order chi connectivity index (χ1) is 6.76. The number of ether oxygens (including phenoxy) is 1. The van der Waals surface area contributed by atoms with Crippen LogP contribution in [0.3, 0.4) is 0 Å². The number of hydrogen-bond acceptors (Lipinski definition) is 1. The third-order valence-electron chi connectivity index (χ3n) is 2.09. The molecule has 0 aliphatic rings. The molecule has 0 bridgehead atoms. The standard InChI is InChI=1S/C13H16O/c1-4-5-11(2)10-12-6-8-13(14-3)9-7-12/h6-9,11H,10H2,1-3H3. The Bertz CT molecular complexity index is 326. The molecule has 1 atom stereocenters. The zero-order valence-corrected chi connectivity index (χ0v) is 9.00. The summed E-state index contributed by atoms with van der Waals surface area (Å²) in [6.45, 7) is 4.02. The molecule has 0 saturated heterocycles. The molecule has 0 heterocycles. The van der Waals surface area contributed by atoms with E-state index >= 15 is 0 Å². The van der Waals surface area contributed by atoms with Gasteiger partial charge in [-0.15, -0.1) is 11.8 Å². The van der Waals surface area contributed by atoms with Gasteiger partial charge >= 0.3 is 0 Å². The zero-order valence-electron chi connectivity index (χ0n) is 9.00. The lowest BCUT2D eigenvalue weighted by molar-refractivity contribution is 0.414. The fourth-order valence-corrected chi connectivity index (χ4v) is 1.41.